The zero-order chi connectivity index (χ0) is 20.2. The number of hydrogen-bond donors (Lipinski definition) is 0. The number of benzene rings is 2. The van der Waals surface area contributed by atoms with Crippen LogP contribution in [-0.4, -0.2) is 58.6 Å². The molecule has 0 amide bonds. The fourth-order valence-electron chi connectivity index (χ4n) is 3.94. The molecule has 2 aromatic carbocycles. The summed E-state index contributed by atoms with van der Waals surface area (Å²) < 4.78 is 2.45. The highest BCUT2D eigenvalue weighted by molar-refractivity contribution is 8.14. The van der Waals surface area contributed by atoms with Crippen molar-refractivity contribution in [2.24, 2.45) is 10.1 Å². The molecular formula is C23H29N5S. The fraction of sp³-hybridized carbons (Fsp3) is 0.391. The largest absolute Gasteiger partial charge is 0.339 e. The second-order valence-electron chi connectivity index (χ2n) is 7.20. The summed E-state index contributed by atoms with van der Waals surface area (Å²) in [5.41, 5.74) is 2.46. The molecule has 6 heteroatoms. The van der Waals surface area contributed by atoms with Gasteiger partial charge in [0.1, 0.15) is 5.36 Å². The first kappa shape index (κ1) is 20.0. The van der Waals surface area contributed by atoms with E-state index in [0.717, 1.165) is 49.0 Å². The van der Waals surface area contributed by atoms with Crippen LogP contribution in [0.25, 0.3) is 21.8 Å². The Morgan fingerprint density at radius 1 is 1.00 bits per heavy atom. The normalized spacial score (nSPS) is 14.0. The van der Waals surface area contributed by atoms with E-state index in [4.69, 9.17) is 5.10 Å². The summed E-state index contributed by atoms with van der Waals surface area (Å²) in [7, 11) is 2.00. The zero-order valence-corrected chi connectivity index (χ0v) is 18.3. The summed E-state index contributed by atoms with van der Waals surface area (Å²) >= 11 is 1.77. The van der Waals surface area contributed by atoms with E-state index in [1.807, 2.05) is 12.1 Å². The Hall–Kier alpha value is -2.31. The molecule has 5 nitrogen and oxygen atoms in total. The number of fused-ring (bicyclic) bond motifs is 2. The van der Waals surface area contributed by atoms with Gasteiger partial charge in [0.25, 0.3) is 0 Å². The van der Waals surface area contributed by atoms with E-state index in [-0.39, 0.29) is 0 Å². The second-order valence-corrected chi connectivity index (χ2v) is 8.26. The van der Waals surface area contributed by atoms with E-state index in [1.165, 1.54) is 21.8 Å². The lowest BCUT2D eigenvalue weighted by atomic mass is 10.1. The first-order chi connectivity index (χ1) is 14.2. The van der Waals surface area contributed by atoms with Gasteiger partial charge in [-0.15, -0.1) is 0 Å². The molecule has 0 saturated heterocycles. The molecule has 0 aliphatic carbocycles. The van der Waals surface area contributed by atoms with Crippen molar-refractivity contribution < 1.29 is 0 Å². The average molecular weight is 408 g/mol. The van der Waals surface area contributed by atoms with E-state index in [0.29, 0.717) is 0 Å². The molecule has 2 heterocycles. The minimum Gasteiger partial charge on any atom is -0.339 e. The molecule has 0 unspecified atom stereocenters. The predicted molar refractivity (Wildman–Crippen MR) is 125 cm³/mol. The third kappa shape index (κ3) is 4.05. The number of nitrogens with zero attached hydrogens (tertiary/aromatic N) is 5. The van der Waals surface area contributed by atoms with Crippen molar-refractivity contribution in [3.05, 3.63) is 53.9 Å². The molecule has 1 aromatic heterocycles. The number of aromatic nitrogens is 1. The van der Waals surface area contributed by atoms with Crippen LogP contribution in [0.3, 0.4) is 0 Å². The fourth-order valence-corrected chi connectivity index (χ4v) is 4.71. The van der Waals surface area contributed by atoms with Gasteiger partial charge in [0, 0.05) is 36.7 Å². The standard InChI is InChI=1S/C23H29N5S/c1-4-27(5-2)15-16-28-20-12-8-6-10-18(20)22(19-11-7-9-13-21(19)28)25-26(3)23-24-14-17-29-23/h6-13H,4-5,14-17H2,1-3H3. The van der Waals surface area contributed by atoms with Gasteiger partial charge in [-0.2, -0.15) is 5.10 Å². The molecule has 152 valence electrons. The number of likely N-dealkylation sites (N-methyl/N-ethyl adjacent to an activating group) is 1. The second kappa shape index (κ2) is 9.01. The maximum absolute atomic E-state index is 5.02. The lowest BCUT2D eigenvalue weighted by Crippen LogP contribution is -2.28. The van der Waals surface area contributed by atoms with Gasteiger partial charge in [-0.3, -0.25) is 4.99 Å². The Kier molecular flexibility index (Phi) is 6.21. The van der Waals surface area contributed by atoms with Crippen molar-refractivity contribution in [3.63, 3.8) is 0 Å². The van der Waals surface area contributed by atoms with Crippen molar-refractivity contribution in [1.29, 1.82) is 0 Å². The molecule has 1 aliphatic heterocycles. The smallest absolute Gasteiger partial charge is 0.179 e. The van der Waals surface area contributed by atoms with Crippen molar-refractivity contribution in [1.82, 2.24) is 14.5 Å². The van der Waals surface area contributed by atoms with E-state index >= 15 is 0 Å². The van der Waals surface area contributed by atoms with Crippen LogP contribution in [-0.2, 0) is 6.54 Å². The highest BCUT2D eigenvalue weighted by atomic mass is 32.2. The summed E-state index contributed by atoms with van der Waals surface area (Å²) in [5.74, 6) is 1.04. The van der Waals surface area contributed by atoms with Crippen LogP contribution in [0.2, 0.25) is 0 Å². The van der Waals surface area contributed by atoms with Gasteiger partial charge in [0.2, 0.25) is 0 Å². The van der Waals surface area contributed by atoms with E-state index < -0.39 is 0 Å². The molecule has 0 radical (unpaired) electrons. The van der Waals surface area contributed by atoms with Crippen molar-refractivity contribution in [3.8, 4) is 0 Å². The maximum Gasteiger partial charge on any atom is 0.179 e. The van der Waals surface area contributed by atoms with Crippen LogP contribution in [0.4, 0.5) is 0 Å². The topological polar surface area (TPSA) is 36.1 Å². The Morgan fingerprint density at radius 3 is 2.17 bits per heavy atom. The Bertz CT molecular complexity index is 1040. The molecule has 0 bridgehead atoms. The van der Waals surface area contributed by atoms with Crippen LogP contribution < -0.4 is 5.36 Å². The molecule has 0 saturated carbocycles. The number of rotatable bonds is 6. The van der Waals surface area contributed by atoms with Crippen LogP contribution in [0.5, 0.6) is 0 Å². The number of amidine groups is 1. The number of pyridine rings is 1. The van der Waals surface area contributed by atoms with E-state index in [1.54, 1.807) is 11.8 Å². The van der Waals surface area contributed by atoms with Gasteiger partial charge < -0.3 is 9.47 Å². The van der Waals surface area contributed by atoms with Gasteiger partial charge >= 0.3 is 0 Å². The number of thioether (sulfide) groups is 1. The number of aliphatic imine (C=N–C) groups is 1. The first-order valence-corrected chi connectivity index (χ1v) is 11.4. The van der Waals surface area contributed by atoms with Crippen molar-refractivity contribution in [2.75, 3.05) is 39.0 Å². The van der Waals surface area contributed by atoms with Crippen LogP contribution in [0.15, 0.2) is 58.6 Å². The van der Waals surface area contributed by atoms with Gasteiger partial charge in [0.05, 0.1) is 17.6 Å². The van der Waals surface area contributed by atoms with Crippen LogP contribution in [0, 0.1) is 0 Å². The predicted octanol–water partition coefficient (Wildman–Crippen LogP) is 3.99. The summed E-state index contributed by atoms with van der Waals surface area (Å²) in [6.07, 6.45) is 0. The van der Waals surface area contributed by atoms with Crippen LogP contribution in [0.1, 0.15) is 13.8 Å². The molecule has 0 N–H and O–H groups in total. The number of hydrogen-bond acceptors (Lipinski definition) is 5. The SMILES string of the molecule is CCN(CC)CCn1c2ccccc2c(=NN(C)C2=NCCS2)c2ccccc21. The van der Waals surface area contributed by atoms with E-state index in [2.05, 4.69) is 76.8 Å². The van der Waals surface area contributed by atoms with Gasteiger partial charge in [-0.05, 0) is 25.2 Å². The maximum atomic E-state index is 5.02. The average Bonchev–Trinajstić information content (AvgIpc) is 3.31. The highest BCUT2D eigenvalue weighted by Gasteiger charge is 2.14. The van der Waals surface area contributed by atoms with Crippen LogP contribution >= 0.6 is 11.8 Å². The number of para-hydroxylation sites is 2. The minimum absolute atomic E-state index is 0.876. The molecule has 0 fully saturated rings. The summed E-state index contributed by atoms with van der Waals surface area (Å²) in [6, 6.07) is 17.2. The molecule has 4 rings (SSSR count). The molecule has 3 aromatic rings. The summed E-state index contributed by atoms with van der Waals surface area (Å²) in [5, 5.41) is 11.3. The summed E-state index contributed by atoms with van der Waals surface area (Å²) in [4.78, 5) is 7.05. The molecule has 1 aliphatic rings. The van der Waals surface area contributed by atoms with E-state index in [9.17, 15) is 0 Å². The quantitative estimate of drug-likeness (QED) is 0.458. The third-order valence-corrected chi connectivity index (χ3v) is 6.57. The molecular weight excluding hydrogens is 378 g/mol. The first-order valence-electron chi connectivity index (χ1n) is 10.4. The lowest BCUT2D eigenvalue weighted by molar-refractivity contribution is 0.293. The highest BCUT2D eigenvalue weighted by Crippen LogP contribution is 2.20. The van der Waals surface area contributed by atoms with Gasteiger partial charge in [-0.25, -0.2) is 5.01 Å². The Balaban J connectivity index is 1.92. The molecule has 29 heavy (non-hydrogen) atoms. The minimum atomic E-state index is 0.876. The monoisotopic (exact) mass is 407 g/mol. The lowest BCUT2D eigenvalue weighted by Gasteiger charge is -2.22. The molecule has 0 atom stereocenters. The third-order valence-electron chi connectivity index (χ3n) is 5.53. The van der Waals surface area contributed by atoms with Gasteiger partial charge in [0.15, 0.2) is 5.17 Å². The van der Waals surface area contributed by atoms with Crippen molar-refractivity contribution >= 4 is 38.7 Å². The Morgan fingerprint density at radius 2 is 1.62 bits per heavy atom. The summed E-state index contributed by atoms with van der Waals surface area (Å²) in [6.45, 7) is 9.48. The Labute approximate surface area is 176 Å². The molecule has 0 spiro atoms. The van der Waals surface area contributed by atoms with Crippen molar-refractivity contribution in [2.45, 2.75) is 20.4 Å². The zero-order valence-electron chi connectivity index (χ0n) is 17.5. The van der Waals surface area contributed by atoms with Gasteiger partial charge in [-0.1, -0.05) is 62.0 Å².